The van der Waals surface area contributed by atoms with Crippen molar-refractivity contribution < 1.29 is 13.2 Å². The van der Waals surface area contributed by atoms with Crippen molar-refractivity contribution in [1.29, 1.82) is 5.26 Å². The van der Waals surface area contributed by atoms with Gasteiger partial charge in [-0.3, -0.25) is 0 Å². The lowest BCUT2D eigenvalue weighted by Gasteiger charge is -2.04. The highest BCUT2D eigenvalue weighted by atomic mass is 32.2. The van der Waals surface area contributed by atoms with Crippen molar-refractivity contribution >= 4 is 15.9 Å². The molecule has 0 amide bonds. The highest BCUT2D eigenvalue weighted by molar-refractivity contribution is 7.95. The molecule has 0 aliphatic carbocycles. The number of ether oxygens (including phenoxy) is 1. The van der Waals surface area contributed by atoms with Crippen molar-refractivity contribution in [3.63, 3.8) is 0 Å². The van der Waals surface area contributed by atoms with Gasteiger partial charge in [-0.25, -0.2) is 8.42 Å². The number of benzene rings is 2. The molecule has 22 heavy (non-hydrogen) atoms. The molecule has 2 aromatic carbocycles. The average Bonchev–Trinajstić information content (AvgIpc) is 2.55. The van der Waals surface area contributed by atoms with Gasteiger partial charge in [0.05, 0.1) is 11.5 Å². The molecule has 4 nitrogen and oxygen atoms in total. The van der Waals surface area contributed by atoms with E-state index < -0.39 is 9.84 Å². The molecule has 0 saturated heterocycles. The first-order chi connectivity index (χ1) is 10.6. The van der Waals surface area contributed by atoms with Gasteiger partial charge < -0.3 is 4.74 Å². The first kappa shape index (κ1) is 15.8. The summed E-state index contributed by atoms with van der Waals surface area (Å²) >= 11 is 0. The van der Waals surface area contributed by atoms with Crippen LogP contribution < -0.4 is 4.74 Å². The maximum Gasteiger partial charge on any atom is 0.216 e. The maximum atomic E-state index is 12.4. The number of nitrogens with zero attached hydrogens (tertiary/aromatic N) is 1. The molecule has 0 aliphatic rings. The van der Waals surface area contributed by atoms with Crippen LogP contribution in [0.3, 0.4) is 0 Å². The lowest BCUT2D eigenvalue weighted by molar-refractivity contribution is 0.340. The molecule has 0 atom stereocenters. The Balaban J connectivity index is 2.37. The Kier molecular flexibility index (Phi) is 4.97. The van der Waals surface area contributed by atoms with Crippen LogP contribution in [0.25, 0.3) is 6.08 Å². The number of hydrogen-bond donors (Lipinski definition) is 0. The van der Waals surface area contributed by atoms with E-state index in [9.17, 15) is 13.7 Å². The van der Waals surface area contributed by atoms with Gasteiger partial charge in [0, 0.05) is 0 Å². The Morgan fingerprint density at radius 3 is 2.32 bits per heavy atom. The van der Waals surface area contributed by atoms with Crippen LogP contribution >= 0.6 is 0 Å². The van der Waals surface area contributed by atoms with Crippen LogP contribution in [0, 0.1) is 11.3 Å². The quantitative estimate of drug-likeness (QED) is 0.793. The predicted octanol–water partition coefficient (Wildman–Crippen LogP) is 3.42. The topological polar surface area (TPSA) is 67.2 Å². The summed E-state index contributed by atoms with van der Waals surface area (Å²) < 4.78 is 30.2. The Morgan fingerprint density at radius 2 is 1.77 bits per heavy atom. The minimum atomic E-state index is -3.80. The molecule has 0 fully saturated rings. The zero-order chi connectivity index (χ0) is 16.0. The third-order valence-corrected chi connectivity index (χ3v) is 4.62. The Bertz CT molecular complexity index is 801. The van der Waals surface area contributed by atoms with E-state index in [0.29, 0.717) is 17.9 Å². The summed E-state index contributed by atoms with van der Waals surface area (Å²) in [5.74, 6) is 0.698. The van der Waals surface area contributed by atoms with Gasteiger partial charge in [-0.1, -0.05) is 30.3 Å². The molecule has 0 N–H and O–H groups in total. The summed E-state index contributed by atoms with van der Waals surface area (Å²) in [6.45, 7) is 2.44. The Labute approximate surface area is 130 Å². The van der Waals surface area contributed by atoms with Crippen molar-refractivity contribution in [2.24, 2.45) is 0 Å². The van der Waals surface area contributed by atoms with Gasteiger partial charge in [-0.05, 0) is 42.8 Å². The minimum Gasteiger partial charge on any atom is -0.494 e. The maximum absolute atomic E-state index is 12.4. The standard InChI is InChI=1S/C17H15NO3S/c1-2-21-15-10-8-14(9-11-15)12-17(13-18)22(19,20)16-6-4-3-5-7-16/h3-12H,2H2,1H3. The summed E-state index contributed by atoms with van der Waals surface area (Å²) in [5.41, 5.74) is 0.625. The van der Waals surface area contributed by atoms with Crippen molar-refractivity contribution in [3.8, 4) is 11.8 Å². The highest BCUT2D eigenvalue weighted by Gasteiger charge is 2.20. The van der Waals surface area contributed by atoms with Crippen molar-refractivity contribution in [1.82, 2.24) is 0 Å². The third kappa shape index (κ3) is 3.54. The average molecular weight is 313 g/mol. The fourth-order valence-electron chi connectivity index (χ4n) is 1.87. The second-order valence-electron chi connectivity index (χ2n) is 4.44. The molecule has 0 unspecified atom stereocenters. The fourth-order valence-corrected chi connectivity index (χ4v) is 3.06. The molecule has 0 aliphatic heterocycles. The Morgan fingerprint density at radius 1 is 1.14 bits per heavy atom. The molecule has 112 valence electrons. The molecular weight excluding hydrogens is 298 g/mol. The van der Waals surface area contributed by atoms with Crippen molar-refractivity contribution in [2.45, 2.75) is 11.8 Å². The van der Waals surface area contributed by atoms with E-state index >= 15 is 0 Å². The van der Waals surface area contributed by atoms with Gasteiger partial charge >= 0.3 is 0 Å². The van der Waals surface area contributed by atoms with Crippen LogP contribution in [0.15, 0.2) is 64.4 Å². The monoisotopic (exact) mass is 313 g/mol. The van der Waals surface area contributed by atoms with Crippen LogP contribution in [0.2, 0.25) is 0 Å². The summed E-state index contributed by atoms with van der Waals surface area (Å²) in [7, 11) is -3.80. The van der Waals surface area contributed by atoms with Gasteiger partial charge in [0.1, 0.15) is 16.7 Å². The largest absolute Gasteiger partial charge is 0.494 e. The molecule has 0 radical (unpaired) electrons. The predicted molar refractivity (Wildman–Crippen MR) is 84.8 cm³/mol. The lowest BCUT2D eigenvalue weighted by atomic mass is 10.2. The van der Waals surface area contributed by atoms with Crippen LogP contribution in [0.1, 0.15) is 12.5 Å². The zero-order valence-electron chi connectivity index (χ0n) is 12.1. The summed E-state index contributed by atoms with van der Waals surface area (Å²) in [4.78, 5) is -0.184. The summed E-state index contributed by atoms with van der Waals surface area (Å²) in [6, 6.07) is 16.6. The molecule has 0 aromatic heterocycles. The number of rotatable bonds is 5. The van der Waals surface area contributed by atoms with Gasteiger partial charge in [0.15, 0.2) is 0 Å². The highest BCUT2D eigenvalue weighted by Crippen LogP contribution is 2.22. The first-order valence-electron chi connectivity index (χ1n) is 6.72. The first-order valence-corrected chi connectivity index (χ1v) is 8.21. The molecule has 0 heterocycles. The normalized spacial score (nSPS) is 11.7. The van der Waals surface area contributed by atoms with Crippen molar-refractivity contribution in [3.05, 3.63) is 65.1 Å². The molecular formula is C17H15NO3S. The molecule has 2 rings (SSSR count). The summed E-state index contributed by atoms with van der Waals surface area (Å²) in [5, 5.41) is 9.20. The van der Waals surface area contributed by atoms with Crippen LogP contribution in [-0.4, -0.2) is 15.0 Å². The van der Waals surface area contributed by atoms with E-state index in [2.05, 4.69) is 0 Å². The van der Waals surface area contributed by atoms with Gasteiger partial charge in [-0.15, -0.1) is 0 Å². The van der Waals surface area contributed by atoms with Crippen molar-refractivity contribution in [2.75, 3.05) is 6.61 Å². The van der Waals surface area contributed by atoms with E-state index in [-0.39, 0.29) is 9.80 Å². The second-order valence-corrected chi connectivity index (χ2v) is 6.36. The van der Waals surface area contributed by atoms with Crippen LogP contribution in [-0.2, 0) is 9.84 Å². The fraction of sp³-hybridized carbons (Fsp3) is 0.118. The van der Waals surface area contributed by atoms with Crippen LogP contribution in [0.4, 0.5) is 0 Å². The Hall–Kier alpha value is -2.58. The van der Waals surface area contributed by atoms with E-state index in [4.69, 9.17) is 4.74 Å². The summed E-state index contributed by atoms with van der Waals surface area (Å²) in [6.07, 6.45) is 1.36. The zero-order valence-corrected chi connectivity index (χ0v) is 12.9. The van der Waals surface area contributed by atoms with Gasteiger partial charge in [0.25, 0.3) is 0 Å². The van der Waals surface area contributed by atoms with E-state index in [1.165, 1.54) is 18.2 Å². The smallest absolute Gasteiger partial charge is 0.216 e. The van der Waals surface area contributed by atoms with E-state index in [1.54, 1.807) is 48.5 Å². The minimum absolute atomic E-state index is 0.105. The number of hydrogen-bond acceptors (Lipinski definition) is 4. The molecule has 5 heteroatoms. The van der Waals surface area contributed by atoms with E-state index in [0.717, 1.165) is 0 Å². The molecule has 2 aromatic rings. The number of sulfone groups is 1. The number of nitriles is 1. The second kappa shape index (κ2) is 6.92. The van der Waals surface area contributed by atoms with E-state index in [1.807, 2.05) is 6.92 Å². The molecule has 0 saturated carbocycles. The van der Waals surface area contributed by atoms with Crippen LogP contribution in [0.5, 0.6) is 5.75 Å². The molecule has 0 spiro atoms. The third-order valence-electron chi connectivity index (χ3n) is 2.94. The van der Waals surface area contributed by atoms with Gasteiger partial charge in [-0.2, -0.15) is 5.26 Å². The number of allylic oxidation sites excluding steroid dienone is 1. The molecule has 0 bridgehead atoms. The SMILES string of the molecule is CCOc1ccc(C=C(C#N)S(=O)(=O)c2ccccc2)cc1. The van der Waals surface area contributed by atoms with Gasteiger partial charge in [0.2, 0.25) is 9.84 Å². The lowest BCUT2D eigenvalue weighted by Crippen LogP contribution is -2.03.